The van der Waals surface area contributed by atoms with Gasteiger partial charge in [-0.2, -0.15) is 0 Å². The Bertz CT molecular complexity index is 627. The molecule has 0 radical (unpaired) electrons. The number of hydrogen-bond acceptors (Lipinski definition) is 3. The van der Waals surface area contributed by atoms with Crippen LogP contribution in [0.2, 0.25) is 5.02 Å². The first-order valence-electron chi connectivity index (χ1n) is 7.58. The fourth-order valence-electron chi connectivity index (χ4n) is 2.96. The van der Waals surface area contributed by atoms with Crippen LogP contribution in [0.15, 0.2) is 30.5 Å². The molecule has 0 saturated carbocycles. The zero-order valence-corrected chi connectivity index (χ0v) is 13.0. The van der Waals surface area contributed by atoms with Crippen molar-refractivity contribution in [1.29, 1.82) is 0 Å². The summed E-state index contributed by atoms with van der Waals surface area (Å²) in [4.78, 5) is 9.33. The van der Waals surface area contributed by atoms with Crippen LogP contribution in [0.1, 0.15) is 48.5 Å². The minimum atomic E-state index is 0.416. The van der Waals surface area contributed by atoms with Crippen molar-refractivity contribution in [3.05, 3.63) is 58.1 Å². The lowest BCUT2D eigenvalue weighted by atomic mass is 9.92. The van der Waals surface area contributed by atoms with Gasteiger partial charge >= 0.3 is 0 Å². The van der Waals surface area contributed by atoms with Crippen LogP contribution in [-0.4, -0.2) is 16.5 Å². The van der Waals surface area contributed by atoms with Gasteiger partial charge in [-0.15, -0.1) is 0 Å². The van der Waals surface area contributed by atoms with E-state index in [9.17, 15) is 0 Å². The molecule has 1 aromatic carbocycles. The smallest absolute Gasteiger partial charge is 0.132 e. The van der Waals surface area contributed by atoms with E-state index in [1.54, 1.807) is 0 Å². The van der Waals surface area contributed by atoms with Gasteiger partial charge in [0.1, 0.15) is 5.82 Å². The van der Waals surface area contributed by atoms with Gasteiger partial charge in [0.15, 0.2) is 0 Å². The standard InChI is InChI=1S/C17H20ClN3/c1-2-19-15-7-4-8-16-14(15)11-20-17(21-16)10-12-5-3-6-13(18)9-12/h3,5-6,9,11,15,19H,2,4,7-8,10H2,1H3. The highest BCUT2D eigenvalue weighted by molar-refractivity contribution is 6.30. The molecule has 1 aliphatic carbocycles. The Kier molecular flexibility index (Phi) is 4.51. The van der Waals surface area contributed by atoms with Crippen molar-refractivity contribution < 1.29 is 0 Å². The van der Waals surface area contributed by atoms with Crippen LogP contribution in [0.3, 0.4) is 0 Å². The molecule has 1 unspecified atom stereocenters. The van der Waals surface area contributed by atoms with Gasteiger partial charge in [0.2, 0.25) is 0 Å². The lowest BCUT2D eigenvalue weighted by molar-refractivity contribution is 0.463. The maximum absolute atomic E-state index is 6.03. The Balaban J connectivity index is 1.82. The van der Waals surface area contributed by atoms with E-state index in [-0.39, 0.29) is 0 Å². The third-order valence-electron chi connectivity index (χ3n) is 3.93. The molecule has 3 nitrogen and oxygen atoms in total. The quantitative estimate of drug-likeness (QED) is 0.935. The maximum atomic E-state index is 6.03. The molecule has 1 N–H and O–H groups in total. The molecule has 110 valence electrons. The molecular weight excluding hydrogens is 282 g/mol. The Hall–Kier alpha value is -1.45. The maximum Gasteiger partial charge on any atom is 0.132 e. The molecule has 1 heterocycles. The largest absolute Gasteiger partial charge is 0.310 e. The minimum absolute atomic E-state index is 0.416. The Morgan fingerprint density at radius 1 is 1.38 bits per heavy atom. The summed E-state index contributed by atoms with van der Waals surface area (Å²) in [6.07, 6.45) is 6.17. The number of nitrogens with one attached hydrogen (secondary N) is 1. The third kappa shape index (κ3) is 3.42. The monoisotopic (exact) mass is 301 g/mol. The van der Waals surface area contributed by atoms with Crippen molar-refractivity contribution >= 4 is 11.6 Å². The predicted molar refractivity (Wildman–Crippen MR) is 85.6 cm³/mol. The molecule has 1 aromatic heterocycles. The van der Waals surface area contributed by atoms with Crippen LogP contribution in [0.5, 0.6) is 0 Å². The van der Waals surface area contributed by atoms with E-state index in [4.69, 9.17) is 16.6 Å². The summed E-state index contributed by atoms with van der Waals surface area (Å²) in [6, 6.07) is 8.32. The highest BCUT2D eigenvalue weighted by Gasteiger charge is 2.21. The van der Waals surface area contributed by atoms with Crippen LogP contribution in [0.4, 0.5) is 0 Å². The summed E-state index contributed by atoms with van der Waals surface area (Å²) in [5.41, 5.74) is 3.64. The van der Waals surface area contributed by atoms with E-state index in [0.29, 0.717) is 6.04 Å². The summed E-state index contributed by atoms with van der Waals surface area (Å²) in [5, 5.41) is 4.28. The summed E-state index contributed by atoms with van der Waals surface area (Å²) in [5.74, 6) is 0.883. The summed E-state index contributed by atoms with van der Waals surface area (Å²) >= 11 is 6.03. The predicted octanol–water partition coefficient (Wildman–Crippen LogP) is 3.71. The Morgan fingerprint density at radius 2 is 2.29 bits per heavy atom. The lowest BCUT2D eigenvalue weighted by Crippen LogP contribution is -2.26. The molecule has 0 fully saturated rings. The van der Waals surface area contributed by atoms with Crippen LogP contribution in [0.25, 0.3) is 0 Å². The van der Waals surface area contributed by atoms with Crippen molar-refractivity contribution in [2.45, 2.75) is 38.6 Å². The highest BCUT2D eigenvalue weighted by atomic mass is 35.5. The third-order valence-corrected chi connectivity index (χ3v) is 4.17. The van der Waals surface area contributed by atoms with Crippen molar-refractivity contribution in [3.63, 3.8) is 0 Å². The van der Waals surface area contributed by atoms with Crippen LogP contribution < -0.4 is 5.32 Å². The molecule has 1 aliphatic rings. The molecule has 3 rings (SSSR count). The molecule has 0 amide bonds. The van der Waals surface area contributed by atoms with E-state index in [2.05, 4.69) is 23.3 Å². The SMILES string of the molecule is CCNC1CCCc2nc(Cc3cccc(Cl)c3)ncc21. The summed E-state index contributed by atoms with van der Waals surface area (Å²) < 4.78 is 0. The molecule has 21 heavy (non-hydrogen) atoms. The van der Waals surface area contributed by atoms with E-state index in [1.807, 2.05) is 24.4 Å². The van der Waals surface area contributed by atoms with E-state index in [1.165, 1.54) is 24.1 Å². The average molecular weight is 302 g/mol. The van der Waals surface area contributed by atoms with Gasteiger partial charge in [-0.05, 0) is 43.5 Å². The topological polar surface area (TPSA) is 37.8 Å². The zero-order chi connectivity index (χ0) is 14.7. The van der Waals surface area contributed by atoms with Crippen molar-refractivity contribution in [2.24, 2.45) is 0 Å². The number of nitrogens with zero attached hydrogens (tertiary/aromatic N) is 2. The van der Waals surface area contributed by atoms with Crippen LogP contribution >= 0.6 is 11.6 Å². The first-order chi connectivity index (χ1) is 10.3. The number of benzene rings is 1. The van der Waals surface area contributed by atoms with E-state index >= 15 is 0 Å². The molecule has 1 atom stereocenters. The highest BCUT2D eigenvalue weighted by Crippen LogP contribution is 2.28. The number of aryl methyl sites for hydroxylation is 1. The van der Waals surface area contributed by atoms with Crippen molar-refractivity contribution in [3.8, 4) is 0 Å². The molecule has 2 aromatic rings. The fraction of sp³-hybridized carbons (Fsp3) is 0.412. The van der Waals surface area contributed by atoms with Gasteiger partial charge in [0.05, 0.1) is 0 Å². The molecule has 0 bridgehead atoms. The number of halogens is 1. The zero-order valence-electron chi connectivity index (χ0n) is 12.3. The van der Waals surface area contributed by atoms with Crippen molar-refractivity contribution in [2.75, 3.05) is 6.54 Å². The van der Waals surface area contributed by atoms with Gasteiger partial charge in [0, 0.05) is 34.9 Å². The second-order valence-electron chi connectivity index (χ2n) is 5.50. The fourth-order valence-corrected chi connectivity index (χ4v) is 3.17. The first kappa shape index (κ1) is 14.5. The van der Waals surface area contributed by atoms with Crippen molar-refractivity contribution in [1.82, 2.24) is 15.3 Å². The molecule has 0 spiro atoms. The normalized spacial score (nSPS) is 17.5. The van der Waals surface area contributed by atoms with E-state index < -0.39 is 0 Å². The average Bonchev–Trinajstić information content (AvgIpc) is 2.48. The second kappa shape index (κ2) is 6.54. The van der Waals surface area contributed by atoms with Gasteiger partial charge in [0.25, 0.3) is 0 Å². The van der Waals surface area contributed by atoms with Gasteiger partial charge in [-0.1, -0.05) is 30.7 Å². The number of hydrogen-bond donors (Lipinski definition) is 1. The van der Waals surface area contributed by atoms with Gasteiger partial charge in [-0.25, -0.2) is 9.97 Å². The lowest BCUT2D eigenvalue weighted by Gasteiger charge is -2.25. The molecular formula is C17H20ClN3. The van der Waals surface area contributed by atoms with Gasteiger partial charge in [-0.3, -0.25) is 0 Å². The van der Waals surface area contributed by atoms with Crippen LogP contribution in [0, 0.1) is 0 Å². The Labute approximate surface area is 130 Å². The molecule has 0 aliphatic heterocycles. The van der Waals surface area contributed by atoms with Gasteiger partial charge < -0.3 is 5.32 Å². The summed E-state index contributed by atoms with van der Waals surface area (Å²) in [7, 11) is 0. The molecule has 0 saturated heterocycles. The summed E-state index contributed by atoms with van der Waals surface area (Å²) in [6.45, 7) is 3.12. The van der Waals surface area contributed by atoms with Crippen LogP contribution in [-0.2, 0) is 12.8 Å². The number of rotatable bonds is 4. The number of aromatic nitrogens is 2. The Morgan fingerprint density at radius 3 is 3.10 bits per heavy atom. The first-order valence-corrected chi connectivity index (χ1v) is 7.96. The molecule has 4 heteroatoms. The second-order valence-corrected chi connectivity index (χ2v) is 5.93. The number of fused-ring (bicyclic) bond motifs is 1. The minimum Gasteiger partial charge on any atom is -0.310 e. The van der Waals surface area contributed by atoms with E-state index in [0.717, 1.165) is 35.8 Å².